The lowest BCUT2D eigenvalue weighted by molar-refractivity contribution is -0.120. The molecule has 2 N–H and O–H groups in total. The summed E-state index contributed by atoms with van der Waals surface area (Å²) in [4.78, 5) is 19.8. The van der Waals surface area contributed by atoms with E-state index in [9.17, 15) is 13.2 Å². The standard InChI is InChI=1S/C16H18BrN3O3S2/c1-10(15(21)19-13-6-7-25(22,23)9-13)24-16-18-8-14(20-16)11-2-4-12(17)5-3-11/h2-5,8,10,13H,6-7,9H2,1H3,(H,18,20)(H,19,21)/t10-,13-/m0/s1. The second-order valence-corrected chi connectivity index (χ2v) is 10.5. The van der Waals surface area contributed by atoms with Crippen molar-refractivity contribution in [3.8, 4) is 11.3 Å². The summed E-state index contributed by atoms with van der Waals surface area (Å²) >= 11 is 4.72. The number of nitrogens with one attached hydrogen (secondary N) is 2. The molecule has 0 bridgehead atoms. The third kappa shape index (κ3) is 4.86. The smallest absolute Gasteiger partial charge is 0.233 e. The largest absolute Gasteiger partial charge is 0.351 e. The zero-order valence-electron chi connectivity index (χ0n) is 13.5. The van der Waals surface area contributed by atoms with Gasteiger partial charge in [-0.25, -0.2) is 13.4 Å². The van der Waals surface area contributed by atoms with E-state index in [1.807, 2.05) is 24.3 Å². The number of imidazole rings is 1. The first-order valence-corrected chi connectivity index (χ1v) is 11.3. The molecule has 1 fully saturated rings. The van der Waals surface area contributed by atoms with Gasteiger partial charge in [-0.2, -0.15) is 0 Å². The molecule has 1 amide bonds. The topological polar surface area (TPSA) is 91.9 Å². The maximum absolute atomic E-state index is 12.3. The summed E-state index contributed by atoms with van der Waals surface area (Å²) in [6, 6.07) is 7.57. The zero-order valence-corrected chi connectivity index (χ0v) is 16.7. The van der Waals surface area contributed by atoms with Gasteiger partial charge in [0.15, 0.2) is 15.0 Å². The van der Waals surface area contributed by atoms with Crippen LogP contribution in [0.2, 0.25) is 0 Å². The summed E-state index contributed by atoms with van der Waals surface area (Å²) in [5.74, 6) is 0.00686. The Hall–Kier alpha value is -1.32. The fraction of sp³-hybridized carbons (Fsp3) is 0.375. The molecule has 9 heteroatoms. The van der Waals surface area contributed by atoms with Crippen LogP contribution in [0.5, 0.6) is 0 Å². The highest BCUT2D eigenvalue weighted by atomic mass is 79.9. The minimum Gasteiger partial charge on any atom is -0.351 e. The van der Waals surface area contributed by atoms with Crippen molar-refractivity contribution >= 4 is 43.4 Å². The molecule has 1 aromatic carbocycles. The summed E-state index contributed by atoms with van der Waals surface area (Å²) in [5, 5.41) is 3.10. The highest BCUT2D eigenvalue weighted by Gasteiger charge is 2.30. The number of hydrogen-bond acceptors (Lipinski definition) is 5. The van der Waals surface area contributed by atoms with E-state index in [-0.39, 0.29) is 28.7 Å². The third-order valence-electron chi connectivity index (χ3n) is 3.94. The number of nitrogens with zero attached hydrogens (tertiary/aromatic N) is 1. The van der Waals surface area contributed by atoms with E-state index in [0.29, 0.717) is 11.6 Å². The van der Waals surface area contributed by atoms with Crippen LogP contribution in [0.25, 0.3) is 11.3 Å². The molecule has 2 atom stereocenters. The molecule has 2 heterocycles. The SMILES string of the molecule is C[C@H](Sc1ncc(-c2ccc(Br)cc2)[nH]1)C(=O)N[C@H]1CCS(=O)(=O)C1. The van der Waals surface area contributed by atoms with Crippen molar-refractivity contribution in [2.24, 2.45) is 0 Å². The lowest BCUT2D eigenvalue weighted by Gasteiger charge is -2.14. The Morgan fingerprint density at radius 3 is 2.76 bits per heavy atom. The Labute approximate surface area is 159 Å². The number of thioether (sulfide) groups is 1. The molecular weight excluding hydrogens is 426 g/mol. The predicted molar refractivity (Wildman–Crippen MR) is 102 cm³/mol. The third-order valence-corrected chi connectivity index (χ3v) is 7.24. The van der Waals surface area contributed by atoms with E-state index in [0.717, 1.165) is 15.7 Å². The van der Waals surface area contributed by atoms with Gasteiger partial charge in [0.05, 0.1) is 28.6 Å². The van der Waals surface area contributed by atoms with Crippen LogP contribution in [0.15, 0.2) is 40.1 Å². The predicted octanol–water partition coefficient (Wildman–Crippen LogP) is 2.62. The maximum Gasteiger partial charge on any atom is 0.233 e. The van der Waals surface area contributed by atoms with Gasteiger partial charge in [-0.15, -0.1) is 0 Å². The number of aromatic amines is 1. The van der Waals surface area contributed by atoms with Crippen molar-refractivity contribution in [1.29, 1.82) is 0 Å². The molecule has 0 spiro atoms. The van der Waals surface area contributed by atoms with Gasteiger partial charge >= 0.3 is 0 Å². The van der Waals surface area contributed by atoms with Crippen molar-refractivity contribution in [1.82, 2.24) is 15.3 Å². The van der Waals surface area contributed by atoms with E-state index < -0.39 is 9.84 Å². The second kappa shape index (κ2) is 7.51. The minimum atomic E-state index is -3.00. The molecule has 25 heavy (non-hydrogen) atoms. The summed E-state index contributed by atoms with van der Waals surface area (Å²) in [6.45, 7) is 1.78. The number of hydrogen-bond donors (Lipinski definition) is 2. The van der Waals surface area contributed by atoms with Gasteiger partial charge in [0, 0.05) is 10.5 Å². The lowest BCUT2D eigenvalue weighted by atomic mass is 10.2. The van der Waals surface area contributed by atoms with Gasteiger partial charge in [-0.05, 0) is 31.0 Å². The van der Waals surface area contributed by atoms with Crippen molar-refractivity contribution in [3.05, 3.63) is 34.9 Å². The van der Waals surface area contributed by atoms with Crippen molar-refractivity contribution in [3.63, 3.8) is 0 Å². The van der Waals surface area contributed by atoms with E-state index in [2.05, 4.69) is 31.2 Å². The first kappa shape index (κ1) is 18.5. The Balaban J connectivity index is 1.58. The van der Waals surface area contributed by atoms with Crippen LogP contribution in [-0.4, -0.2) is 47.1 Å². The number of H-pyrrole nitrogens is 1. The number of aromatic nitrogens is 2. The van der Waals surface area contributed by atoms with Crippen molar-refractivity contribution < 1.29 is 13.2 Å². The average molecular weight is 444 g/mol. The molecule has 3 rings (SSSR count). The lowest BCUT2D eigenvalue weighted by Crippen LogP contribution is -2.39. The molecule has 0 radical (unpaired) electrons. The highest BCUT2D eigenvalue weighted by molar-refractivity contribution is 9.10. The van der Waals surface area contributed by atoms with Gasteiger partial charge in [0.1, 0.15) is 0 Å². The molecule has 0 aliphatic carbocycles. The number of benzene rings is 1. The Morgan fingerprint density at radius 2 is 2.12 bits per heavy atom. The maximum atomic E-state index is 12.3. The number of amides is 1. The van der Waals surface area contributed by atoms with Gasteiger partial charge in [0.25, 0.3) is 0 Å². The average Bonchev–Trinajstić information content (AvgIpc) is 3.14. The van der Waals surface area contributed by atoms with Crippen molar-refractivity contribution in [2.75, 3.05) is 11.5 Å². The Bertz CT molecular complexity index is 865. The van der Waals surface area contributed by atoms with Gasteiger partial charge in [0.2, 0.25) is 5.91 Å². The van der Waals surface area contributed by atoms with Crippen LogP contribution in [-0.2, 0) is 14.6 Å². The van der Waals surface area contributed by atoms with Gasteiger partial charge in [-0.3, -0.25) is 4.79 Å². The normalized spacial score (nSPS) is 20.3. The first-order chi connectivity index (χ1) is 11.8. The quantitative estimate of drug-likeness (QED) is 0.692. The summed E-state index contributed by atoms with van der Waals surface area (Å²) in [5.41, 5.74) is 1.89. The van der Waals surface area contributed by atoms with Crippen LogP contribution in [0.4, 0.5) is 0 Å². The molecule has 6 nitrogen and oxygen atoms in total. The molecule has 134 valence electrons. The number of halogens is 1. The van der Waals surface area contributed by atoms with E-state index in [1.54, 1.807) is 13.1 Å². The van der Waals surface area contributed by atoms with Gasteiger partial charge < -0.3 is 10.3 Å². The number of carbonyl (C=O) groups is 1. The molecule has 0 unspecified atom stereocenters. The Kier molecular flexibility index (Phi) is 5.55. The van der Waals surface area contributed by atoms with Crippen LogP contribution < -0.4 is 5.32 Å². The van der Waals surface area contributed by atoms with E-state index in [4.69, 9.17) is 0 Å². The molecular formula is C16H18BrN3O3S2. The molecule has 1 aliphatic heterocycles. The molecule has 0 saturated carbocycles. The van der Waals surface area contributed by atoms with Crippen LogP contribution in [0, 0.1) is 0 Å². The number of rotatable bonds is 5. The molecule has 1 aromatic heterocycles. The van der Waals surface area contributed by atoms with Gasteiger partial charge in [-0.1, -0.05) is 39.8 Å². The first-order valence-electron chi connectivity index (χ1n) is 7.81. The van der Waals surface area contributed by atoms with E-state index >= 15 is 0 Å². The highest BCUT2D eigenvalue weighted by Crippen LogP contribution is 2.25. The monoisotopic (exact) mass is 443 g/mol. The van der Waals surface area contributed by atoms with Crippen LogP contribution in [0.3, 0.4) is 0 Å². The molecule has 2 aromatic rings. The fourth-order valence-corrected chi connectivity index (χ4v) is 5.32. The molecule has 1 aliphatic rings. The zero-order chi connectivity index (χ0) is 18.0. The van der Waals surface area contributed by atoms with E-state index in [1.165, 1.54) is 11.8 Å². The molecule has 1 saturated heterocycles. The van der Waals surface area contributed by atoms with Crippen LogP contribution in [0.1, 0.15) is 13.3 Å². The Morgan fingerprint density at radius 1 is 1.40 bits per heavy atom. The summed E-state index contributed by atoms with van der Waals surface area (Å²) in [6.07, 6.45) is 2.22. The summed E-state index contributed by atoms with van der Waals surface area (Å²) in [7, 11) is -3.00. The van der Waals surface area contributed by atoms with Crippen LogP contribution >= 0.6 is 27.7 Å². The number of sulfone groups is 1. The minimum absolute atomic E-state index is 0.0323. The second-order valence-electron chi connectivity index (χ2n) is 5.98. The van der Waals surface area contributed by atoms with Crippen molar-refractivity contribution in [2.45, 2.75) is 29.8 Å². The summed E-state index contributed by atoms with van der Waals surface area (Å²) < 4.78 is 23.9. The number of carbonyl (C=O) groups excluding carboxylic acids is 1. The fourth-order valence-electron chi connectivity index (χ4n) is 2.59.